The molecule has 0 N–H and O–H groups in total. The first-order valence-electron chi connectivity index (χ1n) is 10.7. The van der Waals surface area contributed by atoms with Crippen LogP contribution in [0.4, 0.5) is 20.2 Å². The minimum atomic E-state index is -0.948. The van der Waals surface area contributed by atoms with Crippen molar-refractivity contribution in [2.24, 2.45) is 0 Å². The maximum atomic E-state index is 15.4. The Morgan fingerprint density at radius 1 is 1.15 bits per heavy atom. The number of nitro groups is 1. The van der Waals surface area contributed by atoms with E-state index in [2.05, 4.69) is 0 Å². The van der Waals surface area contributed by atoms with Crippen molar-refractivity contribution in [2.45, 2.75) is 6.92 Å². The number of hydrogen-bond donors (Lipinski definition) is 0. The quantitative estimate of drug-likeness (QED) is 0.320. The number of likely N-dealkylation sites (N-methyl/N-ethyl adjacent to an activating group) is 1. The number of rotatable bonds is 5. The van der Waals surface area contributed by atoms with E-state index in [4.69, 9.17) is 4.74 Å². The summed E-state index contributed by atoms with van der Waals surface area (Å²) >= 11 is 0. The van der Waals surface area contributed by atoms with E-state index < -0.39 is 39.2 Å². The highest BCUT2D eigenvalue weighted by Crippen LogP contribution is 2.39. The molecule has 3 aromatic rings. The lowest BCUT2D eigenvalue weighted by Crippen LogP contribution is -2.45. The molecule has 2 heterocycles. The SMILES string of the molecule is CCOC(=O)c1cn(-c2ccc(F)cc2)c2c([N+](=O)[O-])c(N3CCN(C)CC3)c(F)cc2c1=O. The Morgan fingerprint density at radius 3 is 2.38 bits per heavy atom. The molecule has 0 bridgehead atoms. The molecule has 0 amide bonds. The van der Waals surface area contributed by atoms with Gasteiger partial charge in [0.15, 0.2) is 11.5 Å². The zero-order valence-corrected chi connectivity index (χ0v) is 18.6. The Morgan fingerprint density at radius 2 is 1.79 bits per heavy atom. The van der Waals surface area contributed by atoms with Gasteiger partial charge in [-0.3, -0.25) is 14.9 Å². The fourth-order valence-corrected chi connectivity index (χ4v) is 4.09. The largest absolute Gasteiger partial charge is 0.462 e. The lowest BCUT2D eigenvalue weighted by molar-refractivity contribution is -0.382. The minimum absolute atomic E-state index is 0.0102. The molecule has 11 heteroatoms. The highest BCUT2D eigenvalue weighted by atomic mass is 19.1. The second-order valence-electron chi connectivity index (χ2n) is 7.94. The van der Waals surface area contributed by atoms with E-state index >= 15 is 4.39 Å². The molecule has 0 spiro atoms. The number of hydrogen-bond acceptors (Lipinski definition) is 7. The number of carbonyl (C=O) groups excluding carboxylic acids is 1. The first kappa shape index (κ1) is 23.3. The van der Waals surface area contributed by atoms with Gasteiger partial charge in [0.2, 0.25) is 5.43 Å². The van der Waals surface area contributed by atoms with Crippen LogP contribution in [0.2, 0.25) is 0 Å². The number of nitrogens with zero attached hydrogens (tertiary/aromatic N) is 4. The number of piperazine rings is 1. The van der Waals surface area contributed by atoms with Gasteiger partial charge < -0.3 is 19.1 Å². The predicted molar refractivity (Wildman–Crippen MR) is 122 cm³/mol. The van der Waals surface area contributed by atoms with Crippen molar-refractivity contribution < 1.29 is 23.2 Å². The predicted octanol–water partition coefficient (Wildman–Crippen LogP) is 3.11. The topological polar surface area (TPSA) is 97.9 Å². The molecular weight excluding hydrogens is 450 g/mol. The van der Waals surface area contributed by atoms with Crippen LogP contribution < -0.4 is 10.3 Å². The van der Waals surface area contributed by atoms with E-state index in [1.54, 1.807) is 11.8 Å². The Labute approximate surface area is 192 Å². The molecule has 2 aromatic carbocycles. The van der Waals surface area contributed by atoms with Crippen molar-refractivity contribution in [3.05, 3.63) is 74.1 Å². The molecule has 1 aromatic heterocycles. The van der Waals surface area contributed by atoms with Crippen LogP contribution in [-0.4, -0.2) is 60.2 Å². The third-order valence-electron chi connectivity index (χ3n) is 5.79. The molecule has 0 aliphatic carbocycles. The van der Waals surface area contributed by atoms with E-state index in [-0.39, 0.29) is 28.9 Å². The number of anilines is 1. The second-order valence-corrected chi connectivity index (χ2v) is 7.94. The summed E-state index contributed by atoms with van der Waals surface area (Å²) < 4.78 is 35.2. The lowest BCUT2D eigenvalue weighted by atomic mass is 10.1. The van der Waals surface area contributed by atoms with Gasteiger partial charge in [-0.1, -0.05) is 0 Å². The van der Waals surface area contributed by atoms with Crippen LogP contribution in [0.15, 0.2) is 41.3 Å². The van der Waals surface area contributed by atoms with Crippen molar-refractivity contribution >= 4 is 28.2 Å². The van der Waals surface area contributed by atoms with Crippen LogP contribution in [-0.2, 0) is 4.74 Å². The van der Waals surface area contributed by atoms with E-state index in [0.717, 1.165) is 24.4 Å². The first-order chi connectivity index (χ1) is 16.2. The molecule has 4 rings (SSSR count). The third-order valence-corrected chi connectivity index (χ3v) is 5.79. The first-order valence-corrected chi connectivity index (χ1v) is 10.7. The Balaban J connectivity index is 2.11. The van der Waals surface area contributed by atoms with Gasteiger partial charge in [-0.2, -0.15) is 0 Å². The van der Waals surface area contributed by atoms with Crippen LogP contribution in [0.5, 0.6) is 0 Å². The van der Waals surface area contributed by atoms with Crippen molar-refractivity contribution in [2.75, 3.05) is 44.7 Å². The molecule has 0 atom stereocenters. The summed E-state index contributed by atoms with van der Waals surface area (Å²) in [5.74, 6) is -2.43. The van der Waals surface area contributed by atoms with Gasteiger partial charge in [0.25, 0.3) is 0 Å². The van der Waals surface area contributed by atoms with Gasteiger partial charge in [-0.15, -0.1) is 0 Å². The van der Waals surface area contributed by atoms with E-state index in [1.807, 2.05) is 11.9 Å². The summed E-state index contributed by atoms with van der Waals surface area (Å²) in [6.45, 7) is 3.39. The number of pyridine rings is 1. The molecule has 1 aliphatic rings. The number of ether oxygens (including phenoxy) is 1. The Kier molecular flexibility index (Phi) is 6.29. The van der Waals surface area contributed by atoms with Crippen LogP contribution >= 0.6 is 0 Å². The monoisotopic (exact) mass is 472 g/mol. The van der Waals surface area contributed by atoms with Crippen LogP contribution in [0.3, 0.4) is 0 Å². The van der Waals surface area contributed by atoms with Crippen molar-refractivity contribution in [1.29, 1.82) is 0 Å². The van der Waals surface area contributed by atoms with Gasteiger partial charge in [0.1, 0.15) is 16.9 Å². The van der Waals surface area contributed by atoms with Crippen molar-refractivity contribution in [3.8, 4) is 5.69 Å². The lowest BCUT2D eigenvalue weighted by Gasteiger charge is -2.34. The molecule has 0 saturated carbocycles. The highest BCUT2D eigenvalue weighted by molar-refractivity contribution is 6.00. The van der Waals surface area contributed by atoms with Gasteiger partial charge in [0, 0.05) is 38.1 Å². The number of halogens is 2. The smallest absolute Gasteiger partial charge is 0.343 e. The van der Waals surface area contributed by atoms with Crippen molar-refractivity contribution in [1.82, 2.24) is 9.47 Å². The van der Waals surface area contributed by atoms with Crippen molar-refractivity contribution in [3.63, 3.8) is 0 Å². The van der Waals surface area contributed by atoms with Crippen LogP contribution in [0, 0.1) is 21.7 Å². The van der Waals surface area contributed by atoms with Gasteiger partial charge >= 0.3 is 11.7 Å². The van der Waals surface area contributed by atoms with E-state index in [1.165, 1.54) is 16.7 Å². The van der Waals surface area contributed by atoms with E-state index in [9.17, 15) is 24.1 Å². The summed E-state index contributed by atoms with van der Waals surface area (Å²) in [7, 11) is 1.89. The molecule has 0 unspecified atom stereocenters. The molecule has 34 heavy (non-hydrogen) atoms. The second kappa shape index (κ2) is 9.18. The zero-order valence-electron chi connectivity index (χ0n) is 18.6. The molecule has 1 aliphatic heterocycles. The third kappa shape index (κ3) is 4.10. The fourth-order valence-electron chi connectivity index (χ4n) is 4.09. The van der Waals surface area contributed by atoms with Gasteiger partial charge in [-0.25, -0.2) is 13.6 Å². The van der Waals surface area contributed by atoms with Gasteiger partial charge in [-0.05, 0) is 44.3 Å². The Hall–Kier alpha value is -3.86. The number of fused-ring (bicyclic) bond motifs is 1. The summed E-state index contributed by atoms with van der Waals surface area (Å²) in [4.78, 5) is 40.8. The maximum absolute atomic E-state index is 15.4. The fraction of sp³-hybridized carbons (Fsp3) is 0.304. The number of esters is 1. The standard InChI is InChI=1S/C23H22F2N4O5/c1-3-34-23(31)17-13-28(15-6-4-14(24)5-7-15)19-16(22(17)30)12-18(25)20(21(19)29(32)33)27-10-8-26(2)9-11-27/h4-7,12-13H,3,8-11H2,1-2H3. The number of aromatic nitrogens is 1. The number of nitro benzene ring substituents is 1. The molecule has 0 radical (unpaired) electrons. The minimum Gasteiger partial charge on any atom is -0.462 e. The molecule has 178 valence electrons. The molecule has 9 nitrogen and oxygen atoms in total. The van der Waals surface area contributed by atoms with Crippen LogP contribution in [0.1, 0.15) is 17.3 Å². The summed E-state index contributed by atoms with van der Waals surface area (Å²) in [6, 6.07) is 5.88. The number of carbonyl (C=O) groups is 1. The number of benzene rings is 2. The normalized spacial score (nSPS) is 14.4. The molecule has 1 saturated heterocycles. The summed E-state index contributed by atoms with van der Waals surface area (Å²) in [6.07, 6.45) is 1.12. The Bertz CT molecular complexity index is 1330. The zero-order chi connectivity index (χ0) is 24.6. The summed E-state index contributed by atoms with van der Waals surface area (Å²) in [5.41, 5.74) is -2.08. The summed E-state index contributed by atoms with van der Waals surface area (Å²) in [5, 5.41) is 11.9. The van der Waals surface area contributed by atoms with Gasteiger partial charge in [0.05, 0.1) is 16.9 Å². The maximum Gasteiger partial charge on any atom is 0.343 e. The average Bonchev–Trinajstić information content (AvgIpc) is 2.80. The highest BCUT2D eigenvalue weighted by Gasteiger charge is 2.33. The van der Waals surface area contributed by atoms with Crippen LogP contribution in [0.25, 0.3) is 16.6 Å². The average molecular weight is 472 g/mol. The van der Waals surface area contributed by atoms with E-state index in [0.29, 0.717) is 26.2 Å². The molecule has 1 fully saturated rings. The molecular formula is C23H22F2N4O5.